The third-order valence-corrected chi connectivity index (χ3v) is 5.09. The van der Waals surface area contributed by atoms with E-state index in [1.165, 1.54) is 23.1 Å². The first-order valence-electron chi connectivity index (χ1n) is 9.58. The van der Waals surface area contributed by atoms with E-state index in [0.29, 0.717) is 32.3 Å². The molecule has 1 heterocycles. The summed E-state index contributed by atoms with van der Waals surface area (Å²) < 4.78 is 5.15. The Kier molecular flexibility index (Phi) is 6.86. The van der Waals surface area contributed by atoms with Crippen LogP contribution in [0.4, 0.5) is 0 Å². The molecule has 1 saturated heterocycles. The Balaban J connectivity index is 1.70. The average molecular weight is 410 g/mol. The Morgan fingerprint density at radius 1 is 1.17 bits per heavy atom. The molecule has 0 atom stereocenters. The maximum atomic E-state index is 12.9. The molecule has 2 aromatic carbocycles. The zero-order chi connectivity index (χ0) is 21.7. The maximum Gasteiger partial charge on any atom is 0.489 e. The molecule has 9 heteroatoms. The van der Waals surface area contributed by atoms with Crippen molar-refractivity contribution in [1.82, 2.24) is 9.80 Å². The quantitative estimate of drug-likeness (QED) is 0.516. The van der Waals surface area contributed by atoms with Crippen LogP contribution in [0.1, 0.15) is 32.7 Å². The lowest BCUT2D eigenvalue weighted by molar-refractivity contribution is -0.131. The second-order valence-electron chi connectivity index (χ2n) is 7.08. The lowest BCUT2D eigenvalue weighted by Crippen LogP contribution is -2.39. The second-order valence-corrected chi connectivity index (χ2v) is 7.08. The van der Waals surface area contributed by atoms with Crippen molar-refractivity contribution in [1.29, 1.82) is 0 Å². The van der Waals surface area contributed by atoms with Gasteiger partial charge in [0, 0.05) is 30.8 Å². The number of benzene rings is 2. The van der Waals surface area contributed by atoms with E-state index in [-0.39, 0.29) is 34.9 Å². The van der Waals surface area contributed by atoms with E-state index >= 15 is 0 Å². The van der Waals surface area contributed by atoms with Crippen LogP contribution in [-0.4, -0.2) is 71.8 Å². The molecule has 1 fully saturated rings. The van der Waals surface area contributed by atoms with Gasteiger partial charge in [-0.15, -0.1) is 0 Å². The highest BCUT2D eigenvalue weighted by Crippen LogP contribution is 2.16. The van der Waals surface area contributed by atoms with Gasteiger partial charge in [-0.25, -0.2) is 0 Å². The van der Waals surface area contributed by atoms with Crippen molar-refractivity contribution in [3.8, 4) is 5.75 Å². The zero-order valence-corrected chi connectivity index (χ0v) is 16.7. The predicted octanol–water partition coefficient (Wildman–Crippen LogP) is 0.0622. The molecule has 156 valence electrons. The fourth-order valence-corrected chi connectivity index (χ4v) is 3.44. The zero-order valence-electron chi connectivity index (χ0n) is 16.7. The van der Waals surface area contributed by atoms with Crippen LogP contribution in [0.2, 0.25) is 0 Å². The second kappa shape index (κ2) is 9.56. The van der Waals surface area contributed by atoms with Crippen LogP contribution in [0.15, 0.2) is 42.5 Å². The van der Waals surface area contributed by atoms with Gasteiger partial charge >= 0.3 is 7.12 Å². The Bertz CT molecular complexity index is 932. The van der Waals surface area contributed by atoms with Gasteiger partial charge in [-0.05, 0) is 41.7 Å². The highest BCUT2D eigenvalue weighted by molar-refractivity contribution is 6.60. The van der Waals surface area contributed by atoms with Crippen LogP contribution < -0.4 is 10.2 Å². The van der Waals surface area contributed by atoms with Gasteiger partial charge in [0.15, 0.2) is 0 Å². The van der Waals surface area contributed by atoms with Gasteiger partial charge < -0.3 is 24.6 Å². The van der Waals surface area contributed by atoms with Crippen LogP contribution in [0.25, 0.3) is 0 Å². The van der Waals surface area contributed by atoms with Gasteiger partial charge in [-0.3, -0.25) is 14.4 Å². The highest BCUT2D eigenvalue weighted by atomic mass is 16.5. The SMILES string of the molecule is COc1ccc(CN2CCCN(C(=O)c3ccc(B(O)O)c(C=O)c3)CC2=O)cc1. The minimum atomic E-state index is -1.80. The van der Waals surface area contributed by atoms with E-state index in [4.69, 9.17) is 4.74 Å². The van der Waals surface area contributed by atoms with Crippen molar-refractivity contribution in [2.75, 3.05) is 26.7 Å². The molecule has 0 radical (unpaired) electrons. The van der Waals surface area contributed by atoms with Crippen molar-refractivity contribution in [2.45, 2.75) is 13.0 Å². The van der Waals surface area contributed by atoms with E-state index < -0.39 is 7.12 Å². The summed E-state index contributed by atoms with van der Waals surface area (Å²) in [5, 5.41) is 18.6. The topological polar surface area (TPSA) is 107 Å². The number of nitrogens with zero attached hydrogens (tertiary/aromatic N) is 2. The standard InChI is InChI=1S/C21H23BN2O6/c1-30-18-6-3-15(4-7-18)12-23-9-2-10-24(13-20(23)26)21(27)16-5-8-19(22(28)29)17(11-16)14-25/h3-8,11,14,28-29H,2,9-10,12-13H2,1H3. The van der Waals surface area contributed by atoms with E-state index in [0.717, 1.165) is 11.3 Å². The summed E-state index contributed by atoms with van der Waals surface area (Å²) in [7, 11) is -0.211. The fraction of sp³-hybridized carbons (Fsp3) is 0.286. The van der Waals surface area contributed by atoms with Crippen molar-refractivity contribution in [3.05, 3.63) is 59.2 Å². The molecule has 3 rings (SSSR count). The molecular formula is C21H23BN2O6. The fourth-order valence-electron chi connectivity index (χ4n) is 3.44. The number of ether oxygens (including phenoxy) is 1. The Morgan fingerprint density at radius 2 is 1.90 bits per heavy atom. The average Bonchev–Trinajstić information content (AvgIpc) is 2.94. The summed E-state index contributed by atoms with van der Waals surface area (Å²) in [4.78, 5) is 40.0. The minimum absolute atomic E-state index is 0.0260. The van der Waals surface area contributed by atoms with Gasteiger partial charge in [0.25, 0.3) is 5.91 Å². The summed E-state index contributed by atoms with van der Waals surface area (Å²) in [6.45, 7) is 1.33. The number of carbonyl (C=O) groups excluding carboxylic acids is 3. The van der Waals surface area contributed by atoms with Crippen LogP contribution in [0.5, 0.6) is 5.75 Å². The molecule has 2 N–H and O–H groups in total. The first-order chi connectivity index (χ1) is 14.4. The number of methoxy groups -OCH3 is 1. The van der Waals surface area contributed by atoms with E-state index in [1.807, 2.05) is 24.3 Å². The smallest absolute Gasteiger partial charge is 0.489 e. The number of rotatable bonds is 6. The molecule has 0 saturated carbocycles. The molecule has 0 aliphatic carbocycles. The molecule has 1 aliphatic rings. The largest absolute Gasteiger partial charge is 0.497 e. The molecule has 0 spiro atoms. The minimum Gasteiger partial charge on any atom is -0.497 e. The summed E-state index contributed by atoms with van der Waals surface area (Å²) in [5.74, 6) is 0.207. The maximum absolute atomic E-state index is 12.9. The Labute approximate surface area is 174 Å². The van der Waals surface area contributed by atoms with Crippen molar-refractivity contribution in [2.24, 2.45) is 0 Å². The van der Waals surface area contributed by atoms with Gasteiger partial charge in [0.2, 0.25) is 5.91 Å². The summed E-state index contributed by atoms with van der Waals surface area (Å²) in [5.41, 5.74) is 1.24. The number of amides is 2. The summed E-state index contributed by atoms with van der Waals surface area (Å²) in [6, 6.07) is 11.5. The number of hydrogen-bond acceptors (Lipinski definition) is 6. The monoisotopic (exact) mass is 410 g/mol. The molecule has 0 unspecified atom stereocenters. The molecule has 0 bridgehead atoms. The van der Waals surface area contributed by atoms with Crippen molar-refractivity contribution < 1.29 is 29.2 Å². The third-order valence-electron chi connectivity index (χ3n) is 5.09. The normalized spacial score (nSPS) is 14.3. The van der Waals surface area contributed by atoms with Crippen molar-refractivity contribution >= 4 is 30.7 Å². The van der Waals surface area contributed by atoms with Crippen molar-refractivity contribution in [3.63, 3.8) is 0 Å². The number of hydrogen-bond donors (Lipinski definition) is 2. The van der Waals surface area contributed by atoms with E-state index in [1.54, 1.807) is 12.0 Å². The predicted molar refractivity (Wildman–Crippen MR) is 111 cm³/mol. The molecule has 2 amide bonds. The van der Waals surface area contributed by atoms with Gasteiger partial charge in [-0.1, -0.05) is 18.2 Å². The van der Waals surface area contributed by atoms with Gasteiger partial charge in [0.05, 0.1) is 7.11 Å². The van der Waals surface area contributed by atoms with E-state index in [2.05, 4.69) is 0 Å². The molecule has 1 aliphatic heterocycles. The van der Waals surface area contributed by atoms with Crippen LogP contribution in [0, 0.1) is 0 Å². The first kappa shape index (κ1) is 21.5. The van der Waals surface area contributed by atoms with Gasteiger partial charge in [0.1, 0.15) is 18.6 Å². The van der Waals surface area contributed by atoms with E-state index in [9.17, 15) is 24.4 Å². The van der Waals surface area contributed by atoms with Crippen LogP contribution in [0.3, 0.4) is 0 Å². The Hall–Kier alpha value is -3.17. The number of aldehydes is 1. The first-order valence-corrected chi connectivity index (χ1v) is 9.58. The third kappa shape index (κ3) is 4.87. The molecule has 0 aromatic heterocycles. The molecular weight excluding hydrogens is 387 g/mol. The van der Waals surface area contributed by atoms with Crippen LogP contribution in [-0.2, 0) is 11.3 Å². The Morgan fingerprint density at radius 3 is 2.53 bits per heavy atom. The van der Waals surface area contributed by atoms with Crippen LogP contribution >= 0.6 is 0 Å². The molecule has 30 heavy (non-hydrogen) atoms. The molecule has 2 aromatic rings. The number of carbonyl (C=O) groups is 3. The summed E-state index contributed by atoms with van der Waals surface area (Å²) >= 11 is 0. The lowest BCUT2D eigenvalue weighted by atomic mass is 9.77. The highest BCUT2D eigenvalue weighted by Gasteiger charge is 2.26. The summed E-state index contributed by atoms with van der Waals surface area (Å²) in [6.07, 6.45) is 1.09. The van der Waals surface area contributed by atoms with Gasteiger partial charge in [-0.2, -0.15) is 0 Å². The lowest BCUT2D eigenvalue weighted by Gasteiger charge is -2.22. The molecule has 8 nitrogen and oxygen atoms in total.